The molecule has 0 bridgehead atoms. The van der Waals surface area contributed by atoms with Gasteiger partial charge in [0.25, 0.3) is 0 Å². The third kappa shape index (κ3) is 13.2. The highest BCUT2D eigenvalue weighted by molar-refractivity contribution is 5.81. The Balaban J connectivity index is 3.07. The van der Waals surface area contributed by atoms with Crippen LogP contribution in [0.5, 0.6) is 11.5 Å². The third-order valence-electron chi connectivity index (χ3n) is 5.24. The van der Waals surface area contributed by atoms with Crippen molar-refractivity contribution in [1.29, 1.82) is 0 Å². The Labute approximate surface area is 229 Å². The molecule has 1 aromatic carbocycles. The Morgan fingerprint density at radius 1 is 0.821 bits per heavy atom. The molecule has 12 heteroatoms. The zero-order valence-electron chi connectivity index (χ0n) is 23.4. The summed E-state index contributed by atoms with van der Waals surface area (Å²) in [6.07, 6.45) is -0.0798. The summed E-state index contributed by atoms with van der Waals surface area (Å²) >= 11 is 0. The van der Waals surface area contributed by atoms with E-state index in [9.17, 15) is 19.2 Å². The number of hydrogen-bond donors (Lipinski definition) is 1. The maximum absolute atomic E-state index is 12.6. The maximum Gasteiger partial charge on any atom is 0.513 e. The van der Waals surface area contributed by atoms with Crippen molar-refractivity contribution in [3.63, 3.8) is 0 Å². The van der Waals surface area contributed by atoms with Gasteiger partial charge in [0.1, 0.15) is 5.54 Å². The van der Waals surface area contributed by atoms with Crippen molar-refractivity contribution in [2.24, 2.45) is 11.7 Å². The minimum atomic E-state index is -1.60. The number of benzene rings is 1. The van der Waals surface area contributed by atoms with Gasteiger partial charge in [0.05, 0.1) is 33.5 Å². The van der Waals surface area contributed by atoms with E-state index in [0.717, 1.165) is 12.8 Å². The summed E-state index contributed by atoms with van der Waals surface area (Å²) in [5.74, 6) is -0.846. The summed E-state index contributed by atoms with van der Waals surface area (Å²) in [6, 6.07) is 4.30. The quantitative estimate of drug-likeness (QED) is 0.127. The predicted octanol–water partition coefficient (Wildman–Crippen LogP) is 4.93. The zero-order valence-corrected chi connectivity index (χ0v) is 23.4. The van der Waals surface area contributed by atoms with Gasteiger partial charge in [-0.25, -0.2) is 14.4 Å². The van der Waals surface area contributed by atoms with Gasteiger partial charge in [-0.15, -0.1) is 0 Å². The van der Waals surface area contributed by atoms with Crippen molar-refractivity contribution in [3.05, 3.63) is 23.8 Å². The van der Waals surface area contributed by atoms with E-state index >= 15 is 0 Å². The lowest BCUT2D eigenvalue weighted by atomic mass is 9.88. The third-order valence-corrected chi connectivity index (χ3v) is 5.24. The van der Waals surface area contributed by atoms with Gasteiger partial charge in [0.2, 0.25) is 0 Å². The lowest BCUT2D eigenvalue weighted by molar-refractivity contribution is -0.147. The first-order chi connectivity index (χ1) is 18.5. The number of carbonyl (C=O) groups is 4. The van der Waals surface area contributed by atoms with Gasteiger partial charge in [-0.3, -0.25) is 4.79 Å². The molecule has 12 nitrogen and oxygen atoms in total. The number of unbranched alkanes of at least 4 members (excludes halogenated alkanes) is 2. The summed E-state index contributed by atoms with van der Waals surface area (Å²) < 4.78 is 35.4. The van der Waals surface area contributed by atoms with E-state index in [1.165, 1.54) is 25.3 Å². The molecule has 1 aromatic rings. The predicted molar refractivity (Wildman–Crippen MR) is 140 cm³/mol. The standard InChI is InChI=1S/C27H41NO11/c1-6-8-13-34-25(31)38-21-11-10-20(16-22(21)39-26(32)35-14-9-7-2)17-27(28,23(29)33-5)12-15-36-24(30)37-18-19(3)4/h10-11,16,19H,6-9,12-15,17-18,28H2,1-5H3/t27-/m1/s1. The first kappa shape index (κ1) is 33.5. The van der Waals surface area contributed by atoms with Gasteiger partial charge < -0.3 is 38.9 Å². The van der Waals surface area contributed by atoms with Crippen molar-refractivity contribution >= 4 is 24.4 Å². The van der Waals surface area contributed by atoms with Crippen LogP contribution < -0.4 is 15.2 Å². The van der Waals surface area contributed by atoms with Gasteiger partial charge in [0, 0.05) is 12.8 Å². The van der Waals surface area contributed by atoms with E-state index < -0.39 is 30.0 Å². The fourth-order valence-electron chi connectivity index (χ4n) is 3.09. The molecule has 0 aromatic heterocycles. The molecule has 0 radical (unpaired) electrons. The smallest absolute Gasteiger partial charge is 0.468 e. The van der Waals surface area contributed by atoms with Gasteiger partial charge in [-0.1, -0.05) is 46.6 Å². The number of ether oxygens (including phenoxy) is 7. The monoisotopic (exact) mass is 555 g/mol. The molecular weight excluding hydrogens is 514 g/mol. The van der Waals surface area contributed by atoms with E-state index in [2.05, 4.69) is 0 Å². The van der Waals surface area contributed by atoms with Gasteiger partial charge in [0.15, 0.2) is 11.5 Å². The second-order valence-electron chi connectivity index (χ2n) is 9.27. The summed E-state index contributed by atoms with van der Waals surface area (Å²) in [6.45, 7) is 7.94. The summed E-state index contributed by atoms with van der Waals surface area (Å²) in [7, 11) is 1.18. The molecule has 0 aliphatic carbocycles. The van der Waals surface area contributed by atoms with Crippen molar-refractivity contribution in [2.75, 3.05) is 33.5 Å². The molecule has 0 aliphatic rings. The molecule has 0 aliphatic heterocycles. The highest BCUT2D eigenvalue weighted by Gasteiger charge is 2.36. The highest BCUT2D eigenvalue weighted by atomic mass is 16.7. The van der Waals surface area contributed by atoms with Gasteiger partial charge >= 0.3 is 24.4 Å². The number of carbonyl (C=O) groups excluding carboxylic acids is 4. The van der Waals surface area contributed by atoms with Crippen LogP contribution in [-0.4, -0.2) is 63.5 Å². The van der Waals surface area contributed by atoms with E-state index in [4.69, 9.17) is 38.9 Å². The maximum atomic E-state index is 12.6. The number of rotatable bonds is 16. The minimum Gasteiger partial charge on any atom is -0.468 e. The molecule has 0 spiro atoms. The molecule has 0 saturated carbocycles. The SMILES string of the molecule is CCCCOC(=O)Oc1ccc(C[C@](N)(CCOC(=O)OCC(C)C)C(=O)OC)cc1OC(=O)OCCCC. The Morgan fingerprint density at radius 2 is 1.38 bits per heavy atom. The Bertz CT molecular complexity index is 934. The number of hydrogen-bond acceptors (Lipinski definition) is 12. The summed E-state index contributed by atoms with van der Waals surface area (Å²) in [4.78, 5) is 48.6. The summed E-state index contributed by atoms with van der Waals surface area (Å²) in [5, 5.41) is 0. The molecule has 220 valence electrons. The molecule has 1 atom stereocenters. The van der Waals surface area contributed by atoms with Crippen LogP contribution in [0.3, 0.4) is 0 Å². The van der Waals surface area contributed by atoms with Crippen LogP contribution in [0.1, 0.15) is 65.4 Å². The van der Waals surface area contributed by atoms with Crippen LogP contribution in [0.25, 0.3) is 0 Å². The van der Waals surface area contributed by atoms with E-state index in [-0.39, 0.29) is 56.7 Å². The molecule has 0 heterocycles. The van der Waals surface area contributed by atoms with Gasteiger partial charge in [-0.2, -0.15) is 0 Å². The van der Waals surface area contributed by atoms with Crippen LogP contribution in [0.2, 0.25) is 0 Å². The van der Waals surface area contributed by atoms with Gasteiger partial charge in [-0.05, 0) is 36.5 Å². The van der Waals surface area contributed by atoms with Crippen molar-refractivity contribution in [3.8, 4) is 11.5 Å². The fraction of sp³-hybridized carbons (Fsp3) is 0.630. The van der Waals surface area contributed by atoms with Crippen molar-refractivity contribution in [2.45, 2.75) is 71.8 Å². The fourth-order valence-corrected chi connectivity index (χ4v) is 3.09. The first-order valence-corrected chi connectivity index (χ1v) is 13.0. The highest BCUT2D eigenvalue weighted by Crippen LogP contribution is 2.31. The molecule has 39 heavy (non-hydrogen) atoms. The van der Waals surface area contributed by atoms with Crippen LogP contribution in [-0.2, 0) is 34.9 Å². The molecule has 0 fully saturated rings. The Kier molecular flexibility index (Phi) is 15.3. The molecule has 1 rings (SSSR count). The van der Waals surface area contributed by atoms with Crippen LogP contribution in [0, 0.1) is 5.92 Å². The molecule has 0 unspecified atom stereocenters. The average molecular weight is 556 g/mol. The van der Waals surface area contributed by atoms with E-state index in [0.29, 0.717) is 18.4 Å². The Hall–Kier alpha value is -3.54. The molecule has 2 N–H and O–H groups in total. The lowest BCUT2D eigenvalue weighted by Gasteiger charge is -2.26. The second-order valence-corrected chi connectivity index (χ2v) is 9.27. The zero-order chi connectivity index (χ0) is 29.3. The molecular formula is C27H41NO11. The first-order valence-electron chi connectivity index (χ1n) is 13.0. The molecule has 0 saturated heterocycles. The largest absolute Gasteiger partial charge is 0.513 e. The van der Waals surface area contributed by atoms with Crippen molar-refractivity contribution in [1.82, 2.24) is 0 Å². The van der Waals surface area contributed by atoms with Crippen LogP contribution in [0.4, 0.5) is 14.4 Å². The summed E-state index contributed by atoms with van der Waals surface area (Å²) in [5.41, 5.74) is 5.20. The second kappa shape index (κ2) is 17.9. The number of methoxy groups -OCH3 is 1. The normalized spacial score (nSPS) is 12.2. The Morgan fingerprint density at radius 3 is 1.92 bits per heavy atom. The number of nitrogens with two attached hydrogens (primary N) is 1. The lowest BCUT2D eigenvalue weighted by Crippen LogP contribution is -2.51. The minimum absolute atomic E-state index is 0.0896. The number of esters is 1. The molecule has 0 amide bonds. The van der Waals surface area contributed by atoms with E-state index in [1.807, 2.05) is 27.7 Å². The topological polar surface area (TPSA) is 159 Å². The van der Waals surface area contributed by atoms with Crippen LogP contribution >= 0.6 is 0 Å². The van der Waals surface area contributed by atoms with E-state index in [1.54, 1.807) is 0 Å². The van der Waals surface area contributed by atoms with Crippen LogP contribution in [0.15, 0.2) is 18.2 Å². The van der Waals surface area contributed by atoms with Crippen molar-refractivity contribution < 1.29 is 52.3 Å². The average Bonchev–Trinajstić information content (AvgIpc) is 2.88.